The van der Waals surface area contributed by atoms with Crippen molar-refractivity contribution in [2.24, 2.45) is 0 Å². The van der Waals surface area contributed by atoms with Gasteiger partial charge in [-0.2, -0.15) is 4.98 Å². The van der Waals surface area contributed by atoms with E-state index in [-0.39, 0.29) is 0 Å². The highest BCUT2D eigenvalue weighted by molar-refractivity contribution is 5.60. The van der Waals surface area contributed by atoms with Gasteiger partial charge in [-0.15, -0.1) is 0 Å². The van der Waals surface area contributed by atoms with Gasteiger partial charge < -0.3 is 15.4 Å². The number of benzene rings is 2. The van der Waals surface area contributed by atoms with E-state index in [4.69, 9.17) is 4.74 Å². The van der Waals surface area contributed by atoms with Crippen LogP contribution in [0.2, 0.25) is 0 Å². The Morgan fingerprint density at radius 2 is 1.75 bits per heavy atom. The van der Waals surface area contributed by atoms with Gasteiger partial charge in [-0.1, -0.05) is 50.2 Å². The minimum Gasteiger partial charge on any atom is -0.496 e. The van der Waals surface area contributed by atoms with E-state index < -0.39 is 0 Å². The molecule has 28 heavy (non-hydrogen) atoms. The molecule has 2 aromatic carbocycles. The first-order chi connectivity index (χ1) is 13.6. The largest absolute Gasteiger partial charge is 0.496 e. The molecule has 2 N–H and O–H groups in total. The van der Waals surface area contributed by atoms with Gasteiger partial charge in [0, 0.05) is 24.0 Å². The number of hydrogen-bond donors (Lipinski definition) is 2. The maximum atomic E-state index is 5.42. The smallest absolute Gasteiger partial charge is 0.229 e. The van der Waals surface area contributed by atoms with Crippen molar-refractivity contribution in [2.75, 3.05) is 24.3 Å². The lowest BCUT2D eigenvalue weighted by atomic mass is 10.0. The Morgan fingerprint density at radius 3 is 2.54 bits per heavy atom. The Balaban J connectivity index is 1.70. The summed E-state index contributed by atoms with van der Waals surface area (Å²) in [7, 11) is 1.70. The summed E-state index contributed by atoms with van der Waals surface area (Å²) in [6, 6.07) is 18.3. The van der Waals surface area contributed by atoms with Gasteiger partial charge in [0.05, 0.1) is 7.11 Å². The Morgan fingerprint density at radius 1 is 1.00 bits per heavy atom. The second-order valence-electron chi connectivity index (χ2n) is 7.07. The average Bonchev–Trinajstić information content (AvgIpc) is 2.68. The molecule has 3 aromatic rings. The average molecular weight is 377 g/mol. The van der Waals surface area contributed by atoms with Crippen molar-refractivity contribution in [1.82, 2.24) is 9.97 Å². The van der Waals surface area contributed by atoms with Crippen LogP contribution in [-0.2, 0) is 6.42 Å². The second-order valence-corrected chi connectivity index (χ2v) is 7.07. The van der Waals surface area contributed by atoms with E-state index in [0.29, 0.717) is 11.9 Å². The lowest BCUT2D eigenvalue weighted by Crippen LogP contribution is -2.09. The van der Waals surface area contributed by atoms with Gasteiger partial charge in [0.2, 0.25) is 5.95 Å². The summed E-state index contributed by atoms with van der Waals surface area (Å²) >= 11 is 0. The highest BCUT2D eigenvalue weighted by Gasteiger charge is 2.09. The number of methoxy groups -OCH3 is 1. The summed E-state index contributed by atoms with van der Waals surface area (Å²) in [4.78, 5) is 9.18. The number of anilines is 3. The molecule has 0 saturated carbocycles. The lowest BCUT2D eigenvalue weighted by Gasteiger charge is -2.15. The van der Waals surface area contributed by atoms with Gasteiger partial charge in [-0.05, 0) is 42.5 Å². The number of hydrogen-bond acceptors (Lipinski definition) is 5. The van der Waals surface area contributed by atoms with Gasteiger partial charge >= 0.3 is 0 Å². The van der Waals surface area contributed by atoms with E-state index >= 15 is 0 Å². The molecule has 0 aliphatic heterocycles. The molecule has 3 rings (SSSR count). The molecular formula is C23H28N4O. The molecule has 0 atom stereocenters. The summed E-state index contributed by atoms with van der Waals surface area (Å²) in [6.07, 6.45) is 0.853. The quantitative estimate of drug-likeness (QED) is 0.557. The molecule has 0 amide bonds. The predicted molar refractivity (Wildman–Crippen MR) is 116 cm³/mol. The van der Waals surface area contributed by atoms with E-state index in [1.54, 1.807) is 7.11 Å². The number of ether oxygens (including phenoxy) is 1. The molecule has 0 aliphatic rings. The fourth-order valence-electron chi connectivity index (χ4n) is 3.18. The van der Waals surface area contributed by atoms with Crippen LogP contribution in [-0.4, -0.2) is 23.6 Å². The Kier molecular flexibility index (Phi) is 6.48. The number of nitrogens with one attached hydrogen (secondary N) is 2. The molecule has 5 heteroatoms. The Hall–Kier alpha value is -3.08. The summed E-state index contributed by atoms with van der Waals surface area (Å²) in [5.74, 6) is 2.75. The molecule has 0 unspecified atom stereocenters. The number of para-hydroxylation sites is 2. The van der Waals surface area contributed by atoms with Crippen LogP contribution in [0, 0.1) is 6.92 Å². The highest BCUT2D eigenvalue weighted by atomic mass is 16.5. The Bertz CT molecular complexity index is 924. The monoisotopic (exact) mass is 376 g/mol. The number of rotatable bonds is 8. The van der Waals surface area contributed by atoms with Crippen LogP contribution in [0.5, 0.6) is 5.75 Å². The lowest BCUT2D eigenvalue weighted by molar-refractivity contribution is 0.410. The first-order valence-electron chi connectivity index (χ1n) is 9.64. The first-order valence-corrected chi connectivity index (χ1v) is 9.64. The zero-order valence-corrected chi connectivity index (χ0v) is 17.0. The minimum atomic E-state index is 0.423. The van der Waals surface area contributed by atoms with E-state index in [2.05, 4.69) is 58.7 Å². The van der Waals surface area contributed by atoms with Crippen molar-refractivity contribution in [1.29, 1.82) is 0 Å². The number of nitrogens with zero attached hydrogens (tertiary/aromatic N) is 2. The SMILES string of the molecule is COc1ccccc1CCNc1cc(C)nc(Nc2ccccc2C(C)C)n1. The van der Waals surface area contributed by atoms with Crippen LogP contribution >= 0.6 is 0 Å². The zero-order chi connectivity index (χ0) is 19.9. The fraction of sp³-hybridized carbons (Fsp3) is 0.304. The van der Waals surface area contributed by atoms with Crippen molar-refractivity contribution in [3.05, 3.63) is 71.4 Å². The highest BCUT2D eigenvalue weighted by Crippen LogP contribution is 2.26. The normalized spacial score (nSPS) is 10.8. The van der Waals surface area contributed by atoms with Crippen molar-refractivity contribution in [2.45, 2.75) is 33.1 Å². The van der Waals surface area contributed by atoms with Crippen LogP contribution in [0.25, 0.3) is 0 Å². The van der Waals surface area contributed by atoms with E-state index in [1.165, 1.54) is 11.1 Å². The third kappa shape index (κ3) is 5.00. The molecule has 0 radical (unpaired) electrons. The predicted octanol–water partition coefficient (Wildman–Crippen LogP) is 5.32. The molecule has 1 heterocycles. The van der Waals surface area contributed by atoms with Crippen LogP contribution in [0.1, 0.15) is 36.6 Å². The third-order valence-corrected chi connectivity index (χ3v) is 4.58. The molecule has 1 aromatic heterocycles. The van der Waals surface area contributed by atoms with Crippen molar-refractivity contribution < 1.29 is 4.74 Å². The molecule has 146 valence electrons. The summed E-state index contributed by atoms with van der Waals surface area (Å²) in [5, 5.41) is 6.78. The van der Waals surface area contributed by atoms with Gasteiger partial charge in [0.25, 0.3) is 0 Å². The van der Waals surface area contributed by atoms with Crippen LogP contribution < -0.4 is 15.4 Å². The van der Waals surface area contributed by atoms with Crippen LogP contribution in [0.15, 0.2) is 54.6 Å². The maximum Gasteiger partial charge on any atom is 0.229 e. The third-order valence-electron chi connectivity index (χ3n) is 4.58. The molecule has 0 fully saturated rings. The summed E-state index contributed by atoms with van der Waals surface area (Å²) < 4.78 is 5.42. The number of aryl methyl sites for hydroxylation is 1. The van der Waals surface area contributed by atoms with Gasteiger partial charge in [-0.3, -0.25) is 0 Å². The summed E-state index contributed by atoms with van der Waals surface area (Å²) in [5.41, 5.74) is 4.38. The number of aromatic nitrogens is 2. The Labute approximate surface area is 167 Å². The summed E-state index contributed by atoms with van der Waals surface area (Å²) in [6.45, 7) is 7.11. The van der Waals surface area contributed by atoms with Crippen molar-refractivity contribution in [3.8, 4) is 5.75 Å². The van der Waals surface area contributed by atoms with Crippen LogP contribution in [0.3, 0.4) is 0 Å². The molecule has 5 nitrogen and oxygen atoms in total. The van der Waals surface area contributed by atoms with Gasteiger partial charge in [0.1, 0.15) is 11.6 Å². The zero-order valence-electron chi connectivity index (χ0n) is 17.0. The van der Waals surface area contributed by atoms with Gasteiger partial charge in [-0.25, -0.2) is 4.98 Å². The van der Waals surface area contributed by atoms with E-state index in [9.17, 15) is 0 Å². The molecule has 0 saturated heterocycles. The molecule has 0 aliphatic carbocycles. The van der Waals surface area contributed by atoms with Crippen LogP contribution in [0.4, 0.5) is 17.5 Å². The molecule has 0 bridgehead atoms. The minimum absolute atomic E-state index is 0.423. The fourth-order valence-corrected chi connectivity index (χ4v) is 3.18. The first kappa shape index (κ1) is 19.7. The standard InChI is InChI=1S/C23H28N4O/c1-16(2)19-10-6-7-11-20(19)26-23-25-17(3)15-22(27-23)24-14-13-18-9-5-8-12-21(18)28-4/h5-12,15-16H,13-14H2,1-4H3,(H2,24,25,26,27). The second kappa shape index (κ2) is 9.22. The van der Waals surface area contributed by atoms with E-state index in [0.717, 1.165) is 35.9 Å². The molecule has 0 spiro atoms. The van der Waals surface area contributed by atoms with Crippen molar-refractivity contribution >= 4 is 17.5 Å². The topological polar surface area (TPSA) is 59.1 Å². The van der Waals surface area contributed by atoms with Crippen molar-refractivity contribution in [3.63, 3.8) is 0 Å². The van der Waals surface area contributed by atoms with Gasteiger partial charge in [0.15, 0.2) is 0 Å². The van der Waals surface area contributed by atoms with E-state index in [1.807, 2.05) is 37.3 Å². The molecular weight excluding hydrogens is 348 g/mol. The maximum absolute atomic E-state index is 5.42.